The number of nitrogens with zero attached hydrogens (tertiary/aromatic N) is 1. The predicted molar refractivity (Wildman–Crippen MR) is 65.0 cm³/mol. The quantitative estimate of drug-likeness (QED) is 0.816. The number of carboxylic acids is 1. The van der Waals surface area contributed by atoms with E-state index in [1.807, 2.05) is 0 Å². The summed E-state index contributed by atoms with van der Waals surface area (Å²) in [5.41, 5.74) is -0.415. The van der Waals surface area contributed by atoms with Gasteiger partial charge in [0.15, 0.2) is 0 Å². The topological polar surface area (TPSA) is 49.8 Å². The van der Waals surface area contributed by atoms with Crippen LogP contribution < -0.4 is 0 Å². The van der Waals surface area contributed by atoms with E-state index in [4.69, 9.17) is 9.84 Å². The van der Waals surface area contributed by atoms with Crippen molar-refractivity contribution in [2.45, 2.75) is 70.2 Å². The molecule has 2 fully saturated rings. The Morgan fingerprint density at radius 3 is 2.29 bits per heavy atom. The molecule has 17 heavy (non-hydrogen) atoms. The number of carboxylic acid groups (broad SMARTS) is 1. The van der Waals surface area contributed by atoms with Gasteiger partial charge in [-0.3, -0.25) is 9.69 Å². The molecular weight excluding hydrogens is 218 g/mol. The lowest BCUT2D eigenvalue weighted by Gasteiger charge is -2.35. The summed E-state index contributed by atoms with van der Waals surface area (Å²) in [6.45, 7) is 8.45. The maximum Gasteiger partial charge on any atom is 0.317 e. The highest BCUT2D eigenvalue weighted by atomic mass is 16.5. The minimum Gasteiger partial charge on any atom is -0.480 e. The Kier molecular flexibility index (Phi) is 2.99. The number of carbonyl (C=O) groups is 1. The van der Waals surface area contributed by atoms with Gasteiger partial charge in [-0.1, -0.05) is 0 Å². The highest BCUT2D eigenvalue weighted by molar-refractivity contribution is 5.69. The molecule has 1 aliphatic carbocycles. The molecule has 4 nitrogen and oxygen atoms in total. The van der Waals surface area contributed by atoms with Gasteiger partial charge in [-0.25, -0.2) is 0 Å². The van der Waals surface area contributed by atoms with Gasteiger partial charge >= 0.3 is 5.97 Å². The average molecular weight is 241 g/mol. The summed E-state index contributed by atoms with van der Waals surface area (Å²) < 4.78 is 6.05. The van der Waals surface area contributed by atoms with Crippen LogP contribution in [0.5, 0.6) is 0 Å². The van der Waals surface area contributed by atoms with Crippen LogP contribution in [0.1, 0.15) is 47.0 Å². The van der Waals surface area contributed by atoms with Gasteiger partial charge in [0.05, 0.1) is 17.7 Å². The van der Waals surface area contributed by atoms with Crippen LogP contribution in [0.3, 0.4) is 0 Å². The standard InChI is InChI=1S/C13H23NO3/c1-12(2)7-10(13(3,4)17-12)14(8-11(15)16)9-5-6-9/h9-10H,5-8H2,1-4H3,(H,15,16). The molecule has 0 aromatic rings. The second-order valence-electron chi connectivity index (χ2n) is 6.48. The zero-order valence-electron chi connectivity index (χ0n) is 11.2. The number of hydrogen-bond acceptors (Lipinski definition) is 3. The van der Waals surface area contributed by atoms with E-state index in [1.165, 1.54) is 0 Å². The van der Waals surface area contributed by atoms with Crippen molar-refractivity contribution in [1.29, 1.82) is 0 Å². The third-order valence-corrected chi connectivity index (χ3v) is 3.76. The Bertz CT molecular complexity index is 321. The van der Waals surface area contributed by atoms with Crippen molar-refractivity contribution in [3.05, 3.63) is 0 Å². The maximum atomic E-state index is 11.0. The fourth-order valence-corrected chi connectivity index (χ4v) is 3.11. The molecule has 0 aromatic carbocycles. The van der Waals surface area contributed by atoms with E-state index < -0.39 is 5.97 Å². The van der Waals surface area contributed by atoms with Crippen molar-refractivity contribution >= 4 is 5.97 Å². The molecule has 1 saturated heterocycles. The van der Waals surface area contributed by atoms with Crippen LogP contribution in [-0.4, -0.2) is 45.8 Å². The van der Waals surface area contributed by atoms with Crippen molar-refractivity contribution in [3.8, 4) is 0 Å². The van der Waals surface area contributed by atoms with Crippen LogP contribution in [0.2, 0.25) is 0 Å². The molecule has 1 unspecified atom stereocenters. The van der Waals surface area contributed by atoms with E-state index in [-0.39, 0.29) is 23.8 Å². The van der Waals surface area contributed by atoms with Gasteiger partial charge in [-0.2, -0.15) is 0 Å². The molecule has 0 amide bonds. The predicted octanol–water partition coefficient (Wildman–Crippen LogP) is 1.88. The lowest BCUT2D eigenvalue weighted by molar-refractivity contribution is -0.140. The highest BCUT2D eigenvalue weighted by Gasteiger charge is 2.51. The summed E-state index contributed by atoms with van der Waals surface area (Å²) in [7, 11) is 0. The molecule has 2 aliphatic rings. The maximum absolute atomic E-state index is 11.0. The van der Waals surface area contributed by atoms with Gasteiger partial charge in [0.2, 0.25) is 0 Å². The van der Waals surface area contributed by atoms with E-state index in [2.05, 4.69) is 32.6 Å². The Labute approximate surface area is 103 Å². The lowest BCUT2D eigenvalue weighted by Crippen LogP contribution is -2.49. The SMILES string of the molecule is CC1(C)CC(N(CC(=O)O)C2CC2)C(C)(C)O1. The van der Waals surface area contributed by atoms with Crippen molar-refractivity contribution < 1.29 is 14.6 Å². The van der Waals surface area contributed by atoms with Gasteiger partial charge < -0.3 is 9.84 Å². The number of ether oxygens (including phenoxy) is 1. The summed E-state index contributed by atoms with van der Waals surface area (Å²) in [5, 5.41) is 9.04. The fraction of sp³-hybridized carbons (Fsp3) is 0.923. The lowest BCUT2D eigenvalue weighted by atomic mass is 9.92. The van der Waals surface area contributed by atoms with Crippen molar-refractivity contribution in [2.75, 3.05) is 6.54 Å². The molecule has 0 bridgehead atoms. The second-order valence-corrected chi connectivity index (χ2v) is 6.48. The molecule has 0 radical (unpaired) electrons. The number of rotatable bonds is 4. The molecule has 1 N–H and O–H groups in total. The minimum absolute atomic E-state index is 0.137. The van der Waals surface area contributed by atoms with Crippen LogP contribution in [-0.2, 0) is 9.53 Å². The number of aliphatic carboxylic acids is 1. The molecular formula is C13H23NO3. The van der Waals surface area contributed by atoms with Gasteiger partial charge in [-0.15, -0.1) is 0 Å². The van der Waals surface area contributed by atoms with Crippen molar-refractivity contribution in [3.63, 3.8) is 0 Å². The largest absolute Gasteiger partial charge is 0.480 e. The van der Waals surface area contributed by atoms with Gasteiger partial charge in [0.25, 0.3) is 0 Å². The Morgan fingerprint density at radius 2 is 1.94 bits per heavy atom. The third-order valence-electron chi connectivity index (χ3n) is 3.76. The first-order chi connectivity index (χ1) is 7.71. The molecule has 1 saturated carbocycles. The van der Waals surface area contributed by atoms with E-state index in [0.29, 0.717) is 6.04 Å². The first kappa shape index (κ1) is 12.8. The molecule has 0 spiro atoms. The fourth-order valence-electron chi connectivity index (χ4n) is 3.11. The average Bonchev–Trinajstić information content (AvgIpc) is 2.88. The summed E-state index contributed by atoms with van der Waals surface area (Å²) in [6, 6.07) is 0.661. The first-order valence-corrected chi connectivity index (χ1v) is 6.39. The van der Waals surface area contributed by atoms with E-state index in [0.717, 1.165) is 19.3 Å². The number of hydrogen-bond donors (Lipinski definition) is 1. The monoisotopic (exact) mass is 241 g/mol. The highest BCUT2D eigenvalue weighted by Crippen LogP contribution is 2.43. The van der Waals surface area contributed by atoms with Gasteiger partial charge in [-0.05, 0) is 47.0 Å². The minimum atomic E-state index is -0.739. The molecule has 2 rings (SSSR count). The smallest absolute Gasteiger partial charge is 0.317 e. The Hall–Kier alpha value is -0.610. The van der Waals surface area contributed by atoms with Gasteiger partial charge in [0.1, 0.15) is 0 Å². The summed E-state index contributed by atoms with van der Waals surface area (Å²) in [5.74, 6) is -0.739. The molecule has 1 atom stereocenters. The molecule has 1 heterocycles. The second kappa shape index (κ2) is 3.95. The molecule has 0 aromatic heterocycles. The van der Waals surface area contributed by atoms with Crippen LogP contribution >= 0.6 is 0 Å². The molecule has 1 aliphatic heterocycles. The normalized spacial score (nSPS) is 30.8. The molecule has 98 valence electrons. The Balaban J connectivity index is 2.15. The van der Waals surface area contributed by atoms with Crippen LogP contribution in [0, 0.1) is 0 Å². The van der Waals surface area contributed by atoms with Crippen molar-refractivity contribution in [1.82, 2.24) is 4.90 Å². The van der Waals surface area contributed by atoms with Gasteiger partial charge in [0, 0.05) is 12.1 Å². The summed E-state index contributed by atoms with van der Waals surface area (Å²) in [4.78, 5) is 13.1. The van der Waals surface area contributed by atoms with Crippen LogP contribution in [0.4, 0.5) is 0 Å². The van der Waals surface area contributed by atoms with E-state index in [1.54, 1.807) is 0 Å². The zero-order chi connectivity index (χ0) is 12.8. The summed E-state index contributed by atoms with van der Waals surface area (Å²) >= 11 is 0. The first-order valence-electron chi connectivity index (χ1n) is 6.39. The van der Waals surface area contributed by atoms with Crippen LogP contribution in [0.25, 0.3) is 0 Å². The van der Waals surface area contributed by atoms with E-state index in [9.17, 15) is 4.79 Å². The van der Waals surface area contributed by atoms with Crippen molar-refractivity contribution in [2.24, 2.45) is 0 Å². The Morgan fingerprint density at radius 1 is 1.35 bits per heavy atom. The molecule has 4 heteroatoms. The zero-order valence-corrected chi connectivity index (χ0v) is 11.2. The van der Waals surface area contributed by atoms with E-state index >= 15 is 0 Å². The van der Waals surface area contributed by atoms with Crippen LogP contribution in [0.15, 0.2) is 0 Å². The third kappa shape index (κ3) is 2.80. The summed E-state index contributed by atoms with van der Waals surface area (Å²) in [6.07, 6.45) is 3.16.